The number of ether oxygens (including phenoxy) is 1. The fourth-order valence-electron chi connectivity index (χ4n) is 4.13. The second kappa shape index (κ2) is 8.48. The van der Waals surface area contributed by atoms with Gasteiger partial charge in [-0.2, -0.15) is 0 Å². The lowest BCUT2D eigenvalue weighted by atomic mass is 10.0. The Balaban J connectivity index is 1.47. The Morgan fingerprint density at radius 2 is 1.62 bits per heavy atom. The van der Waals surface area contributed by atoms with Crippen LogP contribution in [0.5, 0.6) is 11.5 Å². The van der Waals surface area contributed by atoms with Crippen LogP contribution >= 0.6 is 12.2 Å². The third-order valence-corrected chi connectivity index (χ3v) is 6.07. The van der Waals surface area contributed by atoms with E-state index in [1.54, 1.807) is 0 Å². The average molecular weight is 441 g/mol. The number of nitrogens with zero attached hydrogens (tertiary/aromatic N) is 3. The molecule has 1 saturated heterocycles. The van der Waals surface area contributed by atoms with E-state index < -0.39 is 0 Å². The predicted molar refractivity (Wildman–Crippen MR) is 131 cm³/mol. The van der Waals surface area contributed by atoms with Gasteiger partial charge in [-0.1, -0.05) is 23.8 Å². The maximum absolute atomic E-state index is 6.01. The van der Waals surface area contributed by atoms with Gasteiger partial charge in [0.05, 0.1) is 11.7 Å². The number of benzene rings is 2. The van der Waals surface area contributed by atoms with Crippen molar-refractivity contribution < 1.29 is 4.74 Å². The molecule has 2 aromatic carbocycles. The number of rotatable bonds is 5. The van der Waals surface area contributed by atoms with E-state index in [0.29, 0.717) is 5.11 Å². The molecule has 1 N–H and O–H groups in total. The van der Waals surface area contributed by atoms with Gasteiger partial charge < -0.3 is 19.5 Å². The zero-order valence-electron chi connectivity index (χ0n) is 18.0. The van der Waals surface area contributed by atoms with Gasteiger partial charge in [0.2, 0.25) is 0 Å². The fourth-order valence-corrected chi connectivity index (χ4v) is 4.48. The smallest absolute Gasteiger partial charge is 0.174 e. The highest BCUT2D eigenvalue weighted by Gasteiger charge is 2.41. The Morgan fingerprint density at radius 1 is 0.906 bits per heavy atom. The Labute approximate surface area is 193 Å². The standard InChI is InChI=1S/C26H24N4OS/c1-18-8-12-20(13-9-18)31-21-14-10-19(11-15-21)30-25(23-7-5-17-29(23)2)24(28-26(30)32)22-6-3-4-16-27-22/h3-17,24-25H,1-2H3,(H,28,32)/t24-,25+/m1/s1. The lowest BCUT2D eigenvalue weighted by Crippen LogP contribution is -2.30. The highest BCUT2D eigenvalue weighted by molar-refractivity contribution is 7.80. The van der Waals surface area contributed by atoms with Crippen LogP contribution in [-0.4, -0.2) is 14.7 Å². The molecule has 5 nitrogen and oxygen atoms in total. The normalized spacial score (nSPS) is 17.9. The highest BCUT2D eigenvalue weighted by Crippen LogP contribution is 2.41. The lowest BCUT2D eigenvalue weighted by molar-refractivity contribution is 0.482. The van der Waals surface area contributed by atoms with Crippen molar-refractivity contribution in [3.63, 3.8) is 0 Å². The fraction of sp³-hybridized carbons (Fsp3) is 0.154. The predicted octanol–water partition coefficient (Wildman–Crippen LogP) is 5.70. The molecule has 2 aromatic heterocycles. The summed E-state index contributed by atoms with van der Waals surface area (Å²) in [6.07, 6.45) is 3.88. The molecule has 0 unspecified atom stereocenters. The second-order valence-electron chi connectivity index (χ2n) is 7.95. The van der Waals surface area contributed by atoms with Gasteiger partial charge in [-0.25, -0.2) is 0 Å². The van der Waals surface area contributed by atoms with Crippen LogP contribution in [0.4, 0.5) is 5.69 Å². The molecule has 6 heteroatoms. The van der Waals surface area contributed by atoms with E-state index in [9.17, 15) is 0 Å². The van der Waals surface area contributed by atoms with Gasteiger partial charge in [-0.3, -0.25) is 4.98 Å². The van der Waals surface area contributed by atoms with Gasteiger partial charge in [0.25, 0.3) is 0 Å². The van der Waals surface area contributed by atoms with Gasteiger partial charge in [-0.05, 0) is 79.8 Å². The first-order valence-electron chi connectivity index (χ1n) is 10.6. The summed E-state index contributed by atoms with van der Waals surface area (Å²) < 4.78 is 8.14. The molecule has 0 aliphatic carbocycles. The van der Waals surface area contributed by atoms with Crippen molar-refractivity contribution in [2.24, 2.45) is 7.05 Å². The van der Waals surface area contributed by atoms with Gasteiger partial charge in [0.1, 0.15) is 17.5 Å². The quantitative estimate of drug-likeness (QED) is 0.403. The van der Waals surface area contributed by atoms with Crippen LogP contribution in [0.1, 0.15) is 29.0 Å². The molecule has 3 heterocycles. The number of anilines is 1. The molecule has 1 aliphatic rings. The van der Waals surface area contributed by atoms with Crippen molar-refractivity contribution in [3.05, 3.63) is 108 Å². The van der Waals surface area contributed by atoms with Crippen molar-refractivity contribution in [1.82, 2.24) is 14.9 Å². The summed E-state index contributed by atoms with van der Waals surface area (Å²) in [5, 5.41) is 4.17. The van der Waals surface area contributed by atoms with E-state index in [0.717, 1.165) is 28.6 Å². The van der Waals surface area contributed by atoms with E-state index >= 15 is 0 Å². The lowest BCUT2D eigenvalue weighted by Gasteiger charge is -2.28. The number of hydrogen-bond donors (Lipinski definition) is 1. The molecule has 160 valence electrons. The van der Waals surface area contributed by atoms with E-state index in [1.807, 2.05) is 72.9 Å². The number of nitrogens with one attached hydrogen (secondary N) is 1. The molecule has 0 bridgehead atoms. The molecule has 1 fully saturated rings. The highest BCUT2D eigenvalue weighted by atomic mass is 32.1. The van der Waals surface area contributed by atoms with Crippen LogP contribution in [0.25, 0.3) is 0 Å². The topological polar surface area (TPSA) is 42.3 Å². The van der Waals surface area contributed by atoms with Crippen LogP contribution in [0, 0.1) is 6.92 Å². The van der Waals surface area contributed by atoms with Gasteiger partial charge in [0.15, 0.2) is 5.11 Å². The number of pyridine rings is 1. The Hall–Kier alpha value is -3.64. The third-order valence-electron chi connectivity index (χ3n) is 5.76. The van der Waals surface area contributed by atoms with E-state index in [2.05, 4.69) is 52.1 Å². The Kier molecular flexibility index (Phi) is 5.37. The maximum Gasteiger partial charge on any atom is 0.174 e. The molecular formula is C26H24N4OS. The van der Waals surface area contributed by atoms with Crippen LogP contribution in [0.15, 0.2) is 91.3 Å². The summed E-state index contributed by atoms with van der Waals surface area (Å²) in [5.74, 6) is 1.60. The monoisotopic (exact) mass is 440 g/mol. The second-order valence-corrected chi connectivity index (χ2v) is 8.34. The van der Waals surface area contributed by atoms with Gasteiger partial charge >= 0.3 is 0 Å². The maximum atomic E-state index is 6.01. The molecule has 32 heavy (non-hydrogen) atoms. The van der Waals surface area contributed by atoms with Crippen molar-refractivity contribution in [2.45, 2.75) is 19.0 Å². The largest absolute Gasteiger partial charge is 0.457 e. The molecule has 1 aliphatic heterocycles. The minimum atomic E-state index is -0.0548. The molecule has 0 radical (unpaired) electrons. The molecule has 0 spiro atoms. The molecule has 0 saturated carbocycles. The summed E-state index contributed by atoms with van der Waals surface area (Å²) in [6, 6.07) is 26.2. The minimum Gasteiger partial charge on any atom is -0.457 e. The average Bonchev–Trinajstić information content (AvgIpc) is 3.39. The first-order chi connectivity index (χ1) is 15.6. The SMILES string of the molecule is Cc1ccc(Oc2ccc(N3C(=S)N[C@H](c4ccccn4)[C@@H]3c3cccn3C)cc2)cc1. The number of thiocarbonyl (C=S) groups is 1. The Bertz CT molecular complexity index is 1220. The molecule has 4 aromatic rings. The zero-order chi connectivity index (χ0) is 22.1. The minimum absolute atomic E-state index is 0.0266. The Morgan fingerprint density at radius 3 is 2.25 bits per heavy atom. The summed E-state index contributed by atoms with van der Waals surface area (Å²) in [4.78, 5) is 6.77. The van der Waals surface area contributed by atoms with Crippen LogP contribution in [-0.2, 0) is 7.05 Å². The third kappa shape index (κ3) is 3.85. The molecule has 5 rings (SSSR count). The number of hydrogen-bond acceptors (Lipinski definition) is 3. The van der Waals surface area contributed by atoms with Crippen molar-refractivity contribution in [2.75, 3.05) is 4.90 Å². The summed E-state index contributed by atoms with van der Waals surface area (Å²) in [5.41, 5.74) is 4.33. The summed E-state index contributed by atoms with van der Waals surface area (Å²) in [7, 11) is 2.06. The van der Waals surface area contributed by atoms with Crippen molar-refractivity contribution in [1.29, 1.82) is 0 Å². The molecule has 0 amide bonds. The van der Waals surface area contributed by atoms with Gasteiger partial charge in [-0.15, -0.1) is 0 Å². The first kappa shape index (κ1) is 20.3. The zero-order valence-corrected chi connectivity index (χ0v) is 18.8. The van der Waals surface area contributed by atoms with Crippen LogP contribution in [0.3, 0.4) is 0 Å². The van der Waals surface area contributed by atoms with Gasteiger partial charge in [0, 0.05) is 30.8 Å². The van der Waals surface area contributed by atoms with Crippen molar-refractivity contribution in [3.8, 4) is 11.5 Å². The molecular weight excluding hydrogens is 416 g/mol. The summed E-state index contributed by atoms with van der Waals surface area (Å²) in [6.45, 7) is 2.06. The first-order valence-corrected chi connectivity index (χ1v) is 11.0. The van der Waals surface area contributed by atoms with Crippen LogP contribution < -0.4 is 15.0 Å². The van der Waals surface area contributed by atoms with E-state index in [-0.39, 0.29) is 12.1 Å². The number of aryl methyl sites for hydroxylation is 2. The number of aromatic nitrogens is 2. The van der Waals surface area contributed by atoms with Crippen molar-refractivity contribution >= 4 is 23.0 Å². The van der Waals surface area contributed by atoms with E-state index in [4.69, 9.17) is 17.0 Å². The van der Waals surface area contributed by atoms with E-state index in [1.165, 1.54) is 5.56 Å². The molecule has 2 atom stereocenters. The van der Waals surface area contributed by atoms with Crippen LogP contribution in [0.2, 0.25) is 0 Å². The summed E-state index contributed by atoms with van der Waals surface area (Å²) >= 11 is 5.79.